The number of hydrazine groups is 1. The zero-order valence-electron chi connectivity index (χ0n) is 10.9. The van der Waals surface area contributed by atoms with E-state index in [2.05, 4.69) is 20.6 Å². The van der Waals surface area contributed by atoms with Crippen molar-refractivity contribution in [2.45, 2.75) is 6.54 Å². The Balaban J connectivity index is 2.00. The summed E-state index contributed by atoms with van der Waals surface area (Å²) in [5.74, 6) is 5.99. The maximum atomic E-state index is 5.98. The molecule has 9 heteroatoms. The summed E-state index contributed by atoms with van der Waals surface area (Å²) in [6, 6.07) is 6.98. The third kappa shape index (κ3) is 2.54. The Morgan fingerprint density at radius 3 is 2.67 bits per heavy atom. The van der Waals surface area contributed by atoms with Gasteiger partial charge in [-0.2, -0.15) is 15.0 Å². The van der Waals surface area contributed by atoms with Gasteiger partial charge in [0, 0.05) is 10.6 Å². The van der Waals surface area contributed by atoms with Crippen molar-refractivity contribution in [2.75, 3.05) is 16.9 Å². The number of hydrogen-bond donors (Lipinski definition) is 4. The Bertz CT molecular complexity index is 812. The average molecular weight is 305 g/mol. The van der Waals surface area contributed by atoms with Gasteiger partial charge in [-0.15, -0.1) is 0 Å². The summed E-state index contributed by atoms with van der Waals surface area (Å²) in [6.07, 6.45) is 0. The van der Waals surface area contributed by atoms with Crippen LogP contribution >= 0.6 is 11.6 Å². The fourth-order valence-electron chi connectivity index (χ4n) is 2.03. The van der Waals surface area contributed by atoms with Gasteiger partial charge in [0.2, 0.25) is 0 Å². The Kier molecular flexibility index (Phi) is 3.24. The summed E-state index contributed by atoms with van der Waals surface area (Å²) in [7, 11) is 0. The minimum Gasteiger partial charge on any atom is -0.395 e. The van der Waals surface area contributed by atoms with Crippen LogP contribution in [-0.4, -0.2) is 20.0 Å². The first-order valence-electron chi connectivity index (χ1n) is 6.08. The van der Waals surface area contributed by atoms with Gasteiger partial charge in [-0.25, -0.2) is 10.8 Å². The van der Waals surface area contributed by atoms with E-state index in [0.29, 0.717) is 34.4 Å². The fourth-order valence-corrected chi connectivity index (χ4v) is 2.19. The number of aromatic nitrogens is 4. The molecule has 0 saturated heterocycles. The van der Waals surface area contributed by atoms with Crippen molar-refractivity contribution in [3.63, 3.8) is 0 Å². The topological polar surface area (TPSA) is 134 Å². The molecule has 0 bridgehead atoms. The number of nitrogens with two attached hydrogens (primary N) is 3. The molecule has 0 radical (unpaired) electrons. The van der Waals surface area contributed by atoms with Crippen molar-refractivity contribution in [3.8, 4) is 0 Å². The van der Waals surface area contributed by atoms with Gasteiger partial charge < -0.3 is 16.9 Å². The van der Waals surface area contributed by atoms with E-state index < -0.39 is 0 Å². The summed E-state index contributed by atoms with van der Waals surface area (Å²) >= 11 is 5.93. The first-order chi connectivity index (χ1) is 10.1. The molecule has 0 saturated carbocycles. The molecule has 21 heavy (non-hydrogen) atoms. The number of nitrogens with one attached hydrogen (secondary N) is 1. The number of benzene rings is 1. The number of nitrogens with zero attached hydrogens (tertiary/aromatic N) is 4. The lowest BCUT2D eigenvalue weighted by molar-refractivity contribution is 0.601. The molecular formula is C12H13ClN8. The molecule has 2 heterocycles. The van der Waals surface area contributed by atoms with Crippen molar-refractivity contribution in [1.29, 1.82) is 0 Å². The second-order valence-corrected chi connectivity index (χ2v) is 4.91. The van der Waals surface area contributed by atoms with Crippen molar-refractivity contribution >= 4 is 40.0 Å². The summed E-state index contributed by atoms with van der Waals surface area (Å²) in [6.45, 7) is 0.347. The highest BCUT2D eigenvalue weighted by molar-refractivity contribution is 6.31. The van der Waals surface area contributed by atoms with E-state index in [9.17, 15) is 0 Å². The molecule has 3 rings (SSSR count). The number of pyridine rings is 1. The van der Waals surface area contributed by atoms with Crippen molar-refractivity contribution in [3.05, 3.63) is 34.9 Å². The molecule has 0 aliphatic carbocycles. The van der Waals surface area contributed by atoms with Crippen molar-refractivity contribution in [1.82, 2.24) is 20.0 Å². The van der Waals surface area contributed by atoms with Crippen molar-refractivity contribution in [2.24, 2.45) is 5.84 Å². The predicted molar refractivity (Wildman–Crippen MR) is 82.5 cm³/mol. The zero-order valence-corrected chi connectivity index (χ0v) is 11.7. The summed E-state index contributed by atoms with van der Waals surface area (Å²) in [5, 5.41) is 9.31. The molecule has 0 aliphatic heterocycles. The number of halogens is 1. The van der Waals surface area contributed by atoms with Crippen LogP contribution in [0.1, 0.15) is 5.56 Å². The van der Waals surface area contributed by atoms with Crippen LogP contribution in [0.5, 0.6) is 0 Å². The minimum atomic E-state index is 0.312. The number of fused-ring (bicyclic) bond motifs is 1. The summed E-state index contributed by atoms with van der Waals surface area (Å²) in [5.41, 5.74) is 16.7. The van der Waals surface area contributed by atoms with E-state index in [1.54, 1.807) is 24.3 Å². The second kappa shape index (κ2) is 5.08. The Morgan fingerprint density at radius 2 is 1.90 bits per heavy atom. The normalized spacial score (nSPS) is 11.0. The van der Waals surface area contributed by atoms with Gasteiger partial charge in [-0.1, -0.05) is 11.6 Å². The van der Waals surface area contributed by atoms with E-state index >= 15 is 0 Å². The molecule has 108 valence electrons. The Labute approximate surface area is 124 Å². The quantitative estimate of drug-likeness (QED) is 0.418. The monoisotopic (exact) mass is 304 g/mol. The van der Waals surface area contributed by atoms with E-state index in [-0.39, 0.29) is 0 Å². The van der Waals surface area contributed by atoms with Crippen LogP contribution < -0.4 is 22.7 Å². The number of anilines is 3. The molecule has 0 unspecified atom stereocenters. The molecular weight excluding hydrogens is 292 g/mol. The second-order valence-electron chi connectivity index (χ2n) is 4.48. The maximum Gasteiger partial charge on any atom is 0.165 e. The minimum absolute atomic E-state index is 0.312. The lowest BCUT2D eigenvalue weighted by Crippen LogP contribution is -2.15. The lowest BCUT2D eigenvalue weighted by atomic mass is 10.2. The van der Waals surface area contributed by atoms with E-state index in [4.69, 9.17) is 28.9 Å². The molecule has 1 aromatic carbocycles. The molecule has 7 N–H and O–H groups in total. The standard InChI is InChI=1S/C12H13ClN8/c13-7-1-2-8-9(4-7)20-21(19-8)5-6-3-10(14)17-12(18-16)11(6)15/h1-4H,5,15-16H2,(H3,14,17,18). The Morgan fingerprint density at radius 1 is 1.14 bits per heavy atom. The van der Waals surface area contributed by atoms with Crippen LogP contribution in [0.3, 0.4) is 0 Å². The molecule has 0 aliphatic rings. The van der Waals surface area contributed by atoms with Crippen LogP contribution in [0.2, 0.25) is 5.02 Å². The van der Waals surface area contributed by atoms with Gasteiger partial charge in [-0.3, -0.25) is 0 Å². The molecule has 0 amide bonds. The van der Waals surface area contributed by atoms with Crippen LogP contribution in [0.15, 0.2) is 24.3 Å². The van der Waals surface area contributed by atoms with Gasteiger partial charge in [0.05, 0.1) is 12.2 Å². The summed E-state index contributed by atoms with van der Waals surface area (Å²) < 4.78 is 0. The smallest absolute Gasteiger partial charge is 0.165 e. The Hall–Kier alpha value is -2.58. The number of nitrogen functional groups attached to an aromatic ring is 3. The van der Waals surface area contributed by atoms with Gasteiger partial charge in [-0.05, 0) is 24.3 Å². The zero-order chi connectivity index (χ0) is 15.0. The molecule has 3 aromatic rings. The lowest BCUT2D eigenvalue weighted by Gasteiger charge is -2.10. The molecule has 0 spiro atoms. The van der Waals surface area contributed by atoms with Gasteiger partial charge in [0.25, 0.3) is 0 Å². The van der Waals surface area contributed by atoms with E-state index in [0.717, 1.165) is 11.1 Å². The predicted octanol–water partition coefficient (Wildman–Crippen LogP) is 0.978. The van der Waals surface area contributed by atoms with Crippen LogP contribution in [0.4, 0.5) is 17.3 Å². The van der Waals surface area contributed by atoms with Crippen molar-refractivity contribution < 1.29 is 0 Å². The molecule has 0 atom stereocenters. The number of hydrogen-bond acceptors (Lipinski definition) is 7. The van der Waals surface area contributed by atoms with E-state index in [1.165, 1.54) is 4.80 Å². The van der Waals surface area contributed by atoms with Crippen LogP contribution in [-0.2, 0) is 6.54 Å². The third-order valence-electron chi connectivity index (χ3n) is 3.00. The first kappa shape index (κ1) is 13.4. The SMILES string of the molecule is NNc1nc(N)cc(Cn2nc3ccc(Cl)cc3n2)c1N. The molecule has 0 fully saturated rings. The highest BCUT2D eigenvalue weighted by atomic mass is 35.5. The summed E-state index contributed by atoms with van der Waals surface area (Å²) in [4.78, 5) is 5.52. The first-order valence-corrected chi connectivity index (χ1v) is 6.46. The highest BCUT2D eigenvalue weighted by Crippen LogP contribution is 2.23. The van der Waals surface area contributed by atoms with E-state index in [1.807, 2.05) is 0 Å². The van der Waals surface area contributed by atoms with Crippen LogP contribution in [0.25, 0.3) is 11.0 Å². The third-order valence-corrected chi connectivity index (χ3v) is 3.23. The fraction of sp³-hybridized carbons (Fsp3) is 0.0833. The van der Waals surface area contributed by atoms with Gasteiger partial charge in [0.1, 0.15) is 16.9 Å². The number of rotatable bonds is 3. The molecule has 2 aromatic heterocycles. The molecule has 8 nitrogen and oxygen atoms in total. The van der Waals surface area contributed by atoms with Gasteiger partial charge in [0.15, 0.2) is 5.82 Å². The van der Waals surface area contributed by atoms with Gasteiger partial charge >= 0.3 is 0 Å². The largest absolute Gasteiger partial charge is 0.395 e. The maximum absolute atomic E-state index is 5.98. The highest BCUT2D eigenvalue weighted by Gasteiger charge is 2.11. The van der Waals surface area contributed by atoms with Crippen LogP contribution in [0, 0.1) is 0 Å². The average Bonchev–Trinajstić information content (AvgIpc) is 2.83.